The molecule has 2 rings (SSSR count). The first-order valence-corrected chi connectivity index (χ1v) is 5.19. The van der Waals surface area contributed by atoms with Gasteiger partial charge in [-0.2, -0.15) is 0 Å². The van der Waals surface area contributed by atoms with Crippen LogP contribution in [0.5, 0.6) is 11.5 Å². The van der Waals surface area contributed by atoms with Gasteiger partial charge in [-0.25, -0.2) is 0 Å². The summed E-state index contributed by atoms with van der Waals surface area (Å²) in [4.78, 5) is 0. The molecule has 0 radical (unpaired) electrons. The summed E-state index contributed by atoms with van der Waals surface area (Å²) in [5.41, 5.74) is 2.08. The largest absolute Gasteiger partial charge is 0.497 e. The predicted octanol–water partition coefficient (Wildman–Crippen LogP) is 2.07. The Balaban J connectivity index is 2.52. The number of aliphatic hydroxyl groups excluding tert-OH is 1. The predicted molar refractivity (Wildman–Crippen MR) is 57.4 cm³/mol. The molecule has 3 nitrogen and oxygen atoms in total. The van der Waals surface area contributed by atoms with E-state index in [4.69, 9.17) is 9.47 Å². The maximum atomic E-state index is 9.92. The van der Waals surface area contributed by atoms with Crippen LogP contribution in [-0.2, 0) is 6.42 Å². The molecule has 1 N–H and O–H groups in total. The lowest BCUT2D eigenvalue weighted by atomic mass is 9.88. The van der Waals surface area contributed by atoms with Crippen LogP contribution < -0.4 is 9.47 Å². The number of hydrogen-bond acceptors (Lipinski definition) is 3. The van der Waals surface area contributed by atoms with Gasteiger partial charge in [0, 0.05) is 11.6 Å². The van der Waals surface area contributed by atoms with Crippen molar-refractivity contribution in [3.63, 3.8) is 0 Å². The first-order valence-electron chi connectivity index (χ1n) is 5.19. The quantitative estimate of drug-likeness (QED) is 0.808. The first-order chi connectivity index (χ1) is 7.26. The van der Waals surface area contributed by atoms with Crippen LogP contribution in [0.2, 0.25) is 0 Å². The van der Waals surface area contributed by atoms with Gasteiger partial charge in [0.25, 0.3) is 0 Å². The zero-order valence-corrected chi connectivity index (χ0v) is 9.12. The number of aryl methyl sites for hydroxylation is 1. The van der Waals surface area contributed by atoms with Crippen LogP contribution in [0.25, 0.3) is 0 Å². The van der Waals surface area contributed by atoms with Crippen LogP contribution in [0.3, 0.4) is 0 Å². The topological polar surface area (TPSA) is 38.7 Å². The van der Waals surface area contributed by atoms with Crippen molar-refractivity contribution >= 4 is 0 Å². The minimum atomic E-state index is -0.394. The molecule has 1 aliphatic rings. The van der Waals surface area contributed by atoms with Gasteiger partial charge >= 0.3 is 0 Å². The van der Waals surface area contributed by atoms with Crippen molar-refractivity contribution < 1.29 is 14.6 Å². The van der Waals surface area contributed by atoms with Crippen LogP contribution in [-0.4, -0.2) is 19.3 Å². The van der Waals surface area contributed by atoms with Gasteiger partial charge in [-0.15, -0.1) is 0 Å². The molecule has 0 bridgehead atoms. The lowest BCUT2D eigenvalue weighted by Gasteiger charge is -2.24. The van der Waals surface area contributed by atoms with Crippen LogP contribution >= 0.6 is 0 Å². The standard InChI is InChI=1S/C12H16O3/c1-14-9-6-8-4-3-5-10(13)12(8)11(7-9)15-2/h6-7,10,13H,3-5H2,1-2H3. The highest BCUT2D eigenvalue weighted by molar-refractivity contribution is 5.48. The van der Waals surface area contributed by atoms with E-state index in [0.717, 1.165) is 41.9 Å². The van der Waals surface area contributed by atoms with E-state index in [1.165, 1.54) is 0 Å². The van der Waals surface area contributed by atoms with Gasteiger partial charge in [-0.05, 0) is 30.9 Å². The minimum absolute atomic E-state index is 0.394. The van der Waals surface area contributed by atoms with Gasteiger partial charge in [-0.3, -0.25) is 0 Å². The summed E-state index contributed by atoms with van der Waals surface area (Å²) >= 11 is 0. The van der Waals surface area contributed by atoms with Crippen LogP contribution in [0, 0.1) is 0 Å². The van der Waals surface area contributed by atoms with E-state index in [0.29, 0.717) is 0 Å². The highest BCUT2D eigenvalue weighted by Crippen LogP contribution is 2.39. The Morgan fingerprint density at radius 2 is 2.07 bits per heavy atom. The highest BCUT2D eigenvalue weighted by Gasteiger charge is 2.23. The van der Waals surface area contributed by atoms with Crippen molar-refractivity contribution in [2.45, 2.75) is 25.4 Å². The molecule has 1 unspecified atom stereocenters. The zero-order valence-electron chi connectivity index (χ0n) is 9.12. The van der Waals surface area contributed by atoms with Crippen molar-refractivity contribution in [2.75, 3.05) is 14.2 Å². The van der Waals surface area contributed by atoms with Crippen molar-refractivity contribution in [3.05, 3.63) is 23.3 Å². The third-order valence-corrected chi connectivity index (χ3v) is 2.91. The molecule has 0 aliphatic heterocycles. The van der Waals surface area contributed by atoms with Gasteiger partial charge in [-0.1, -0.05) is 0 Å². The molecule has 0 spiro atoms. The third-order valence-electron chi connectivity index (χ3n) is 2.91. The minimum Gasteiger partial charge on any atom is -0.497 e. The molecule has 15 heavy (non-hydrogen) atoms. The molecule has 82 valence electrons. The average Bonchev–Trinajstić information content (AvgIpc) is 2.27. The number of methoxy groups -OCH3 is 2. The first kappa shape index (κ1) is 10.3. The van der Waals surface area contributed by atoms with Gasteiger partial charge < -0.3 is 14.6 Å². The van der Waals surface area contributed by atoms with E-state index in [1.54, 1.807) is 14.2 Å². The summed E-state index contributed by atoms with van der Waals surface area (Å²) in [6.07, 6.45) is 2.43. The lowest BCUT2D eigenvalue weighted by molar-refractivity contribution is 0.152. The Morgan fingerprint density at radius 1 is 1.27 bits per heavy atom. The number of ether oxygens (including phenoxy) is 2. The summed E-state index contributed by atoms with van der Waals surface area (Å²) in [5.74, 6) is 1.52. The van der Waals surface area contributed by atoms with Crippen LogP contribution in [0.15, 0.2) is 12.1 Å². The molecular weight excluding hydrogens is 192 g/mol. The summed E-state index contributed by atoms with van der Waals surface area (Å²) in [6.45, 7) is 0. The smallest absolute Gasteiger partial charge is 0.128 e. The molecule has 1 atom stereocenters. The zero-order chi connectivity index (χ0) is 10.8. The second kappa shape index (κ2) is 4.11. The normalized spacial score (nSPS) is 19.5. The fourth-order valence-electron chi connectivity index (χ4n) is 2.16. The lowest BCUT2D eigenvalue weighted by Crippen LogP contribution is -2.11. The SMILES string of the molecule is COc1cc2c(c(OC)c1)C(O)CCC2. The summed E-state index contributed by atoms with van der Waals surface area (Å²) in [5, 5.41) is 9.92. The number of fused-ring (bicyclic) bond motifs is 1. The number of rotatable bonds is 2. The molecule has 3 heteroatoms. The number of aliphatic hydroxyl groups is 1. The Bertz CT molecular complexity index is 343. The third kappa shape index (κ3) is 1.79. The Morgan fingerprint density at radius 3 is 2.73 bits per heavy atom. The van der Waals surface area contributed by atoms with Crippen molar-refractivity contribution in [1.82, 2.24) is 0 Å². The molecule has 1 aliphatic carbocycles. The molecule has 1 aromatic carbocycles. The molecular formula is C12H16O3. The monoisotopic (exact) mass is 208 g/mol. The molecule has 0 amide bonds. The molecule has 0 saturated carbocycles. The number of benzene rings is 1. The fourth-order valence-corrected chi connectivity index (χ4v) is 2.16. The Kier molecular flexibility index (Phi) is 2.82. The van der Waals surface area contributed by atoms with Crippen LogP contribution in [0.4, 0.5) is 0 Å². The summed E-state index contributed by atoms with van der Waals surface area (Å²) in [7, 11) is 3.26. The van der Waals surface area contributed by atoms with Gasteiger partial charge in [0.15, 0.2) is 0 Å². The molecule has 0 saturated heterocycles. The maximum Gasteiger partial charge on any atom is 0.128 e. The Labute approximate surface area is 89.6 Å². The van der Waals surface area contributed by atoms with E-state index < -0.39 is 6.10 Å². The van der Waals surface area contributed by atoms with Gasteiger partial charge in [0.2, 0.25) is 0 Å². The fraction of sp³-hybridized carbons (Fsp3) is 0.500. The molecule has 0 heterocycles. The summed E-state index contributed by atoms with van der Waals surface area (Å²) in [6, 6.07) is 3.81. The van der Waals surface area contributed by atoms with E-state index in [2.05, 4.69) is 0 Å². The Hall–Kier alpha value is -1.22. The summed E-state index contributed by atoms with van der Waals surface area (Å²) < 4.78 is 10.5. The van der Waals surface area contributed by atoms with E-state index in [1.807, 2.05) is 12.1 Å². The van der Waals surface area contributed by atoms with E-state index in [-0.39, 0.29) is 0 Å². The van der Waals surface area contributed by atoms with Gasteiger partial charge in [0.1, 0.15) is 11.5 Å². The van der Waals surface area contributed by atoms with Crippen molar-refractivity contribution in [1.29, 1.82) is 0 Å². The highest BCUT2D eigenvalue weighted by atomic mass is 16.5. The average molecular weight is 208 g/mol. The molecule has 0 fully saturated rings. The van der Waals surface area contributed by atoms with Crippen LogP contribution in [0.1, 0.15) is 30.1 Å². The molecule has 0 aromatic heterocycles. The number of hydrogen-bond donors (Lipinski definition) is 1. The molecule has 1 aromatic rings. The second-order valence-corrected chi connectivity index (χ2v) is 3.81. The van der Waals surface area contributed by atoms with Crippen molar-refractivity contribution in [3.8, 4) is 11.5 Å². The second-order valence-electron chi connectivity index (χ2n) is 3.81. The van der Waals surface area contributed by atoms with E-state index in [9.17, 15) is 5.11 Å². The van der Waals surface area contributed by atoms with Gasteiger partial charge in [0.05, 0.1) is 20.3 Å². The van der Waals surface area contributed by atoms with E-state index >= 15 is 0 Å². The van der Waals surface area contributed by atoms with Crippen molar-refractivity contribution in [2.24, 2.45) is 0 Å². The maximum absolute atomic E-state index is 9.92.